The largest absolute Gasteiger partial charge is 0.315 e. The van der Waals surface area contributed by atoms with Crippen molar-refractivity contribution in [2.24, 2.45) is 11.8 Å². The highest BCUT2D eigenvalue weighted by Gasteiger charge is 2.14. The van der Waals surface area contributed by atoms with E-state index in [1.807, 2.05) is 0 Å². The summed E-state index contributed by atoms with van der Waals surface area (Å²) in [5, 5.41) is 3.50. The Morgan fingerprint density at radius 2 is 2.13 bits per heavy atom. The van der Waals surface area contributed by atoms with Gasteiger partial charge in [0.1, 0.15) is 0 Å². The van der Waals surface area contributed by atoms with Gasteiger partial charge in [0.25, 0.3) is 0 Å². The van der Waals surface area contributed by atoms with Crippen molar-refractivity contribution in [2.45, 2.75) is 59.4 Å². The highest BCUT2D eigenvalue weighted by atomic mass is 14.9. The molecule has 0 bridgehead atoms. The molecule has 0 aromatic carbocycles. The first-order valence-corrected chi connectivity index (χ1v) is 6.52. The molecule has 1 N–H and O–H groups in total. The van der Waals surface area contributed by atoms with Gasteiger partial charge >= 0.3 is 0 Å². The lowest BCUT2D eigenvalue weighted by atomic mass is 9.84. The van der Waals surface area contributed by atoms with E-state index >= 15 is 0 Å². The molecule has 88 valence electrons. The van der Waals surface area contributed by atoms with Crippen LogP contribution in [0, 0.1) is 11.8 Å². The van der Waals surface area contributed by atoms with Crippen LogP contribution < -0.4 is 5.32 Å². The standard InChI is InChI=1S/C14H27N/c1-11(2)15-10-9-13(4)14-7-5-12(3)6-8-14/h7,11-13,15H,5-6,8-10H2,1-4H3/t12-,13?/m0/s1. The van der Waals surface area contributed by atoms with Crippen molar-refractivity contribution in [1.82, 2.24) is 5.32 Å². The van der Waals surface area contributed by atoms with Gasteiger partial charge < -0.3 is 5.32 Å². The summed E-state index contributed by atoms with van der Waals surface area (Å²) < 4.78 is 0. The second kappa shape index (κ2) is 6.32. The molecule has 0 heterocycles. The fourth-order valence-corrected chi connectivity index (χ4v) is 2.21. The van der Waals surface area contributed by atoms with Crippen molar-refractivity contribution >= 4 is 0 Å². The van der Waals surface area contributed by atoms with Crippen molar-refractivity contribution in [3.63, 3.8) is 0 Å². The smallest absolute Gasteiger partial charge is 0.00103 e. The maximum atomic E-state index is 3.50. The highest BCUT2D eigenvalue weighted by molar-refractivity contribution is 5.09. The van der Waals surface area contributed by atoms with Crippen LogP contribution in [0.2, 0.25) is 0 Å². The van der Waals surface area contributed by atoms with Crippen LogP contribution in [0.4, 0.5) is 0 Å². The Balaban J connectivity index is 2.25. The van der Waals surface area contributed by atoms with Gasteiger partial charge in [-0.1, -0.05) is 39.3 Å². The molecule has 1 nitrogen and oxygen atoms in total. The monoisotopic (exact) mass is 209 g/mol. The molecule has 1 rings (SSSR count). The van der Waals surface area contributed by atoms with Crippen LogP contribution in [-0.4, -0.2) is 12.6 Å². The zero-order chi connectivity index (χ0) is 11.3. The van der Waals surface area contributed by atoms with Crippen LogP contribution in [0.15, 0.2) is 11.6 Å². The molecule has 0 fully saturated rings. The molecular formula is C14H27N. The summed E-state index contributed by atoms with van der Waals surface area (Å²) >= 11 is 0. The van der Waals surface area contributed by atoms with Crippen molar-refractivity contribution < 1.29 is 0 Å². The van der Waals surface area contributed by atoms with E-state index in [4.69, 9.17) is 0 Å². The Labute approximate surface area is 95.3 Å². The number of rotatable bonds is 5. The number of hydrogen-bond donors (Lipinski definition) is 1. The van der Waals surface area contributed by atoms with Gasteiger partial charge in [-0.2, -0.15) is 0 Å². The molecule has 0 aliphatic heterocycles. The van der Waals surface area contributed by atoms with Crippen molar-refractivity contribution in [1.29, 1.82) is 0 Å². The minimum Gasteiger partial charge on any atom is -0.315 e. The van der Waals surface area contributed by atoms with Crippen molar-refractivity contribution in [3.8, 4) is 0 Å². The van der Waals surface area contributed by atoms with Gasteiger partial charge in [0.05, 0.1) is 0 Å². The molecule has 0 amide bonds. The van der Waals surface area contributed by atoms with E-state index in [-0.39, 0.29) is 0 Å². The first-order valence-electron chi connectivity index (χ1n) is 6.52. The Kier molecular flexibility index (Phi) is 5.38. The van der Waals surface area contributed by atoms with E-state index < -0.39 is 0 Å². The first-order chi connectivity index (χ1) is 7.09. The molecule has 0 aromatic heterocycles. The lowest BCUT2D eigenvalue weighted by Gasteiger charge is -2.23. The van der Waals surface area contributed by atoms with Gasteiger partial charge in [-0.25, -0.2) is 0 Å². The fraction of sp³-hybridized carbons (Fsp3) is 0.857. The molecule has 1 aliphatic carbocycles. The predicted octanol–water partition coefficient (Wildman–Crippen LogP) is 3.76. The summed E-state index contributed by atoms with van der Waals surface area (Å²) in [6.07, 6.45) is 7.82. The van der Waals surface area contributed by atoms with E-state index in [2.05, 4.69) is 39.1 Å². The minimum atomic E-state index is 0.623. The Morgan fingerprint density at radius 3 is 2.67 bits per heavy atom. The zero-order valence-corrected chi connectivity index (χ0v) is 10.8. The molecule has 15 heavy (non-hydrogen) atoms. The SMILES string of the molecule is CC(C)NCCC(C)C1=CC[C@H](C)CC1. The molecule has 0 saturated heterocycles. The Hall–Kier alpha value is -0.300. The highest BCUT2D eigenvalue weighted by Crippen LogP contribution is 2.28. The van der Waals surface area contributed by atoms with Gasteiger partial charge in [0.15, 0.2) is 0 Å². The molecule has 2 atom stereocenters. The van der Waals surface area contributed by atoms with Crippen LogP contribution in [0.25, 0.3) is 0 Å². The topological polar surface area (TPSA) is 12.0 Å². The molecular weight excluding hydrogens is 182 g/mol. The molecule has 0 spiro atoms. The van der Waals surface area contributed by atoms with E-state index in [1.165, 1.54) is 25.7 Å². The summed E-state index contributed by atoms with van der Waals surface area (Å²) in [5.74, 6) is 1.69. The number of allylic oxidation sites excluding steroid dienone is 2. The molecule has 0 aromatic rings. The number of hydrogen-bond acceptors (Lipinski definition) is 1. The minimum absolute atomic E-state index is 0.623. The summed E-state index contributed by atoms with van der Waals surface area (Å²) in [5.41, 5.74) is 1.71. The summed E-state index contributed by atoms with van der Waals surface area (Å²) in [4.78, 5) is 0. The summed E-state index contributed by atoms with van der Waals surface area (Å²) in [6.45, 7) is 10.3. The van der Waals surface area contributed by atoms with E-state index in [9.17, 15) is 0 Å². The summed E-state index contributed by atoms with van der Waals surface area (Å²) in [6, 6.07) is 0.623. The van der Waals surface area contributed by atoms with E-state index in [1.54, 1.807) is 5.57 Å². The third-order valence-electron chi connectivity index (χ3n) is 3.47. The third kappa shape index (κ3) is 4.83. The third-order valence-corrected chi connectivity index (χ3v) is 3.47. The van der Waals surface area contributed by atoms with Gasteiger partial charge in [-0.05, 0) is 44.1 Å². The fourth-order valence-electron chi connectivity index (χ4n) is 2.21. The maximum absolute atomic E-state index is 3.50. The first kappa shape index (κ1) is 12.8. The zero-order valence-electron chi connectivity index (χ0n) is 10.8. The second-order valence-electron chi connectivity index (χ2n) is 5.46. The number of nitrogens with one attached hydrogen (secondary N) is 1. The molecule has 1 unspecified atom stereocenters. The quantitative estimate of drug-likeness (QED) is 0.680. The van der Waals surface area contributed by atoms with Crippen LogP contribution in [0.3, 0.4) is 0 Å². The maximum Gasteiger partial charge on any atom is 0.00103 e. The average molecular weight is 209 g/mol. The average Bonchev–Trinajstić information content (AvgIpc) is 2.18. The van der Waals surface area contributed by atoms with Crippen LogP contribution in [0.1, 0.15) is 53.4 Å². The molecule has 1 heteroatoms. The van der Waals surface area contributed by atoms with E-state index in [0.717, 1.165) is 18.4 Å². The Morgan fingerprint density at radius 1 is 1.40 bits per heavy atom. The lowest BCUT2D eigenvalue weighted by molar-refractivity contribution is 0.457. The van der Waals surface area contributed by atoms with Gasteiger partial charge in [0, 0.05) is 6.04 Å². The van der Waals surface area contributed by atoms with E-state index in [0.29, 0.717) is 6.04 Å². The van der Waals surface area contributed by atoms with Gasteiger partial charge in [-0.15, -0.1) is 0 Å². The van der Waals surface area contributed by atoms with Crippen LogP contribution in [0.5, 0.6) is 0 Å². The molecule has 1 aliphatic rings. The second-order valence-corrected chi connectivity index (χ2v) is 5.46. The van der Waals surface area contributed by atoms with Crippen molar-refractivity contribution in [3.05, 3.63) is 11.6 Å². The lowest BCUT2D eigenvalue weighted by Crippen LogP contribution is -2.25. The van der Waals surface area contributed by atoms with Crippen LogP contribution >= 0.6 is 0 Å². The molecule has 0 radical (unpaired) electrons. The normalized spacial score (nSPS) is 24.1. The van der Waals surface area contributed by atoms with Gasteiger partial charge in [0.2, 0.25) is 0 Å². The van der Waals surface area contributed by atoms with Crippen molar-refractivity contribution in [2.75, 3.05) is 6.54 Å². The Bertz CT molecular complexity index is 205. The molecule has 0 saturated carbocycles. The predicted molar refractivity (Wildman–Crippen MR) is 68.0 cm³/mol. The summed E-state index contributed by atoms with van der Waals surface area (Å²) in [7, 11) is 0. The van der Waals surface area contributed by atoms with Crippen LogP contribution in [-0.2, 0) is 0 Å². The van der Waals surface area contributed by atoms with Gasteiger partial charge in [-0.3, -0.25) is 0 Å².